The summed E-state index contributed by atoms with van der Waals surface area (Å²) in [4.78, 5) is 0. The summed E-state index contributed by atoms with van der Waals surface area (Å²) in [6, 6.07) is 8.79. The third-order valence-electron chi connectivity index (χ3n) is 3.58. The fourth-order valence-corrected chi connectivity index (χ4v) is 2.87. The number of hydrogen-bond acceptors (Lipinski definition) is 1. The fraction of sp³-hybridized carbons (Fsp3) is 0.429. The number of benzene rings is 1. The summed E-state index contributed by atoms with van der Waals surface area (Å²) in [5.41, 5.74) is 4.47. The number of nitrogens with zero attached hydrogens (tertiary/aromatic N) is 1. The highest BCUT2D eigenvalue weighted by molar-refractivity contribution is 5.85. The Labute approximate surface area is 96.3 Å². The molecule has 0 radical (unpaired) electrons. The molecule has 1 N–H and O–H groups in total. The van der Waals surface area contributed by atoms with Crippen LogP contribution in [0.3, 0.4) is 0 Å². The van der Waals surface area contributed by atoms with Crippen molar-refractivity contribution >= 4 is 10.9 Å². The predicted octanol–water partition coefficient (Wildman–Crippen LogP) is 2.70. The molecule has 0 fully saturated rings. The third kappa shape index (κ3) is 1.37. The lowest BCUT2D eigenvalue weighted by atomic mass is 10.1. The lowest BCUT2D eigenvalue weighted by Gasteiger charge is -2.06. The van der Waals surface area contributed by atoms with E-state index in [0.29, 0.717) is 0 Å². The molecule has 1 aliphatic heterocycles. The molecule has 0 spiro atoms. The summed E-state index contributed by atoms with van der Waals surface area (Å²) in [6.07, 6.45) is 2.47. The highest BCUT2D eigenvalue weighted by Gasteiger charge is 2.16. The van der Waals surface area contributed by atoms with Crippen molar-refractivity contribution in [3.63, 3.8) is 0 Å². The normalized spacial score (nSPS) is 16.1. The second kappa shape index (κ2) is 3.95. The van der Waals surface area contributed by atoms with Gasteiger partial charge in [0, 0.05) is 29.7 Å². The van der Waals surface area contributed by atoms with E-state index in [-0.39, 0.29) is 0 Å². The quantitative estimate of drug-likeness (QED) is 0.772. The van der Waals surface area contributed by atoms with Crippen molar-refractivity contribution in [3.05, 3.63) is 35.5 Å². The Hall–Kier alpha value is -1.28. The van der Waals surface area contributed by atoms with Crippen LogP contribution in [-0.2, 0) is 19.5 Å². The van der Waals surface area contributed by atoms with Gasteiger partial charge in [0.05, 0.1) is 0 Å². The van der Waals surface area contributed by atoms with Crippen molar-refractivity contribution in [1.29, 1.82) is 0 Å². The van der Waals surface area contributed by atoms with Crippen LogP contribution in [-0.4, -0.2) is 11.1 Å². The molecule has 16 heavy (non-hydrogen) atoms. The van der Waals surface area contributed by atoms with Gasteiger partial charge in [-0.05, 0) is 37.9 Å². The number of fused-ring (bicyclic) bond motifs is 3. The smallest absolute Gasteiger partial charge is 0.0485 e. The molecule has 2 aromatic rings. The van der Waals surface area contributed by atoms with E-state index in [4.69, 9.17) is 0 Å². The van der Waals surface area contributed by atoms with Crippen molar-refractivity contribution in [2.24, 2.45) is 0 Å². The molecule has 0 saturated heterocycles. The molecule has 1 aromatic carbocycles. The zero-order valence-electron chi connectivity index (χ0n) is 9.79. The second-order valence-electron chi connectivity index (χ2n) is 4.47. The molecule has 1 aliphatic rings. The van der Waals surface area contributed by atoms with Crippen LogP contribution >= 0.6 is 0 Å². The first kappa shape index (κ1) is 9.91. The van der Waals surface area contributed by atoms with Gasteiger partial charge in [-0.1, -0.05) is 18.2 Å². The summed E-state index contributed by atoms with van der Waals surface area (Å²) >= 11 is 0. The highest BCUT2D eigenvalue weighted by atomic mass is 15.0. The Balaban J connectivity index is 2.31. The zero-order chi connectivity index (χ0) is 11.0. The average Bonchev–Trinajstić information content (AvgIpc) is 2.49. The monoisotopic (exact) mass is 214 g/mol. The van der Waals surface area contributed by atoms with Crippen LogP contribution in [0.1, 0.15) is 24.6 Å². The molecule has 0 aliphatic carbocycles. The first-order valence-electron chi connectivity index (χ1n) is 6.21. The molecular weight excluding hydrogens is 196 g/mol. The average molecular weight is 214 g/mol. The van der Waals surface area contributed by atoms with E-state index >= 15 is 0 Å². The Morgan fingerprint density at radius 1 is 1.31 bits per heavy atom. The van der Waals surface area contributed by atoms with Gasteiger partial charge in [0.25, 0.3) is 0 Å². The van der Waals surface area contributed by atoms with Gasteiger partial charge >= 0.3 is 0 Å². The van der Waals surface area contributed by atoms with Gasteiger partial charge < -0.3 is 9.88 Å². The van der Waals surface area contributed by atoms with Crippen LogP contribution in [0, 0.1) is 0 Å². The van der Waals surface area contributed by atoms with Crippen LogP contribution in [0.5, 0.6) is 0 Å². The molecule has 0 unspecified atom stereocenters. The van der Waals surface area contributed by atoms with E-state index < -0.39 is 0 Å². The molecule has 0 amide bonds. The zero-order valence-corrected chi connectivity index (χ0v) is 9.79. The minimum atomic E-state index is 1.03. The lowest BCUT2D eigenvalue weighted by Crippen LogP contribution is -2.11. The van der Waals surface area contributed by atoms with Crippen LogP contribution in [0.2, 0.25) is 0 Å². The van der Waals surface area contributed by atoms with Gasteiger partial charge in [-0.2, -0.15) is 0 Å². The molecular formula is C14H18N2. The SMILES string of the molecule is CCn1c2c(c3ccccc31)CNCCC2. The maximum absolute atomic E-state index is 3.52. The van der Waals surface area contributed by atoms with Crippen LogP contribution in [0.15, 0.2) is 24.3 Å². The minimum Gasteiger partial charge on any atom is -0.345 e. The Kier molecular flexibility index (Phi) is 2.44. The first-order valence-corrected chi connectivity index (χ1v) is 6.21. The van der Waals surface area contributed by atoms with Crippen molar-refractivity contribution < 1.29 is 0 Å². The van der Waals surface area contributed by atoms with E-state index in [0.717, 1.165) is 19.6 Å². The Morgan fingerprint density at radius 3 is 3.06 bits per heavy atom. The summed E-state index contributed by atoms with van der Waals surface area (Å²) in [5, 5.41) is 4.96. The molecule has 84 valence electrons. The number of aromatic nitrogens is 1. The molecule has 0 atom stereocenters. The number of rotatable bonds is 1. The summed E-state index contributed by atoms with van der Waals surface area (Å²) in [6.45, 7) is 5.50. The van der Waals surface area contributed by atoms with Gasteiger partial charge in [-0.15, -0.1) is 0 Å². The number of hydrogen-bond donors (Lipinski definition) is 1. The maximum Gasteiger partial charge on any atom is 0.0485 e. The summed E-state index contributed by atoms with van der Waals surface area (Å²) in [5.74, 6) is 0. The van der Waals surface area contributed by atoms with E-state index in [1.165, 1.54) is 29.3 Å². The third-order valence-corrected chi connectivity index (χ3v) is 3.58. The minimum absolute atomic E-state index is 1.03. The lowest BCUT2D eigenvalue weighted by molar-refractivity contribution is 0.670. The van der Waals surface area contributed by atoms with Gasteiger partial charge in [0.1, 0.15) is 0 Å². The van der Waals surface area contributed by atoms with Crippen molar-refractivity contribution in [3.8, 4) is 0 Å². The number of para-hydroxylation sites is 1. The Morgan fingerprint density at radius 2 is 2.19 bits per heavy atom. The standard InChI is InChI=1S/C14H18N2/c1-2-16-13-7-4-3-6-11(13)12-10-15-9-5-8-14(12)16/h3-4,6-7,15H,2,5,8-10H2,1H3. The van der Waals surface area contributed by atoms with Crippen molar-refractivity contribution in [1.82, 2.24) is 9.88 Å². The summed E-state index contributed by atoms with van der Waals surface area (Å²) < 4.78 is 2.48. The topological polar surface area (TPSA) is 17.0 Å². The molecule has 1 aromatic heterocycles. The largest absolute Gasteiger partial charge is 0.345 e. The van der Waals surface area contributed by atoms with Gasteiger partial charge in [-0.25, -0.2) is 0 Å². The molecule has 2 heteroatoms. The first-order chi connectivity index (χ1) is 7.92. The predicted molar refractivity (Wildman–Crippen MR) is 67.6 cm³/mol. The van der Waals surface area contributed by atoms with Crippen LogP contribution in [0.25, 0.3) is 10.9 Å². The van der Waals surface area contributed by atoms with Crippen LogP contribution < -0.4 is 5.32 Å². The molecule has 3 rings (SSSR count). The van der Waals surface area contributed by atoms with Crippen molar-refractivity contribution in [2.45, 2.75) is 32.9 Å². The molecule has 0 bridgehead atoms. The number of nitrogens with one attached hydrogen (secondary N) is 1. The fourth-order valence-electron chi connectivity index (χ4n) is 2.87. The van der Waals surface area contributed by atoms with Gasteiger partial charge in [0.15, 0.2) is 0 Å². The van der Waals surface area contributed by atoms with E-state index in [1.54, 1.807) is 5.69 Å². The van der Waals surface area contributed by atoms with E-state index in [2.05, 4.69) is 41.1 Å². The van der Waals surface area contributed by atoms with Crippen LogP contribution in [0.4, 0.5) is 0 Å². The van der Waals surface area contributed by atoms with Gasteiger partial charge in [0.2, 0.25) is 0 Å². The van der Waals surface area contributed by atoms with Crippen molar-refractivity contribution in [2.75, 3.05) is 6.54 Å². The maximum atomic E-state index is 3.52. The van der Waals surface area contributed by atoms with E-state index in [1.807, 2.05) is 0 Å². The highest BCUT2D eigenvalue weighted by Crippen LogP contribution is 2.28. The molecule has 0 saturated carbocycles. The molecule has 2 heterocycles. The second-order valence-corrected chi connectivity index (χ2v) is 4.47. The van der Waals surface area contributed by atoms with E-state index in [9.17, 15) is 0 Å². The summed E-state index contributed by atoms with van der Waals surface area (Å²) in [7, 11) is 0. The Bertz CT molecular complexity index is 511. The molecule has 2 nitrogen and oxygen atoms in total. The van der Waals surface area contributed by atoms with Gasteiger partial charge in [-0.3, -0.25) is 0 Å². The number of aryl methyl sites for hydroxylation is 1.